The molecule has 0 aliphatic carbocycles. The van der Waals surface area contributed by atoms with Crippen molar-refractivity contribution < 1.29 is 19.4 Å². The van der Waals surface area contributed by atoms with Crippen molar-refractivity contribution in [2.75, 3.05) is 47.4 Å². The number of amides is 2. The summed E-state index contributed by atoms with van der Waals surface area (Å²) in [5, 5.41) is 9.16. The monoisotopic (exact) mass is 285 g/mol. The molecule has 2 aliphatic heterocycles. The maximum atomic E-state index is 12.5. The molecule has 2 saturated heterocycles. The van der Waals surface area contributed by atoms with Gasteiger partial charge in [0.25, 0.3) is 0 Å². The molecule has 0 aromatic carbocycles. The van der Waals surface area contributed by atoms with Crippen LogP contribution in [0.2, 0.25) is 0 Å². The van der Waals surface area contributed by atoms with E-state index in [0.717, 1.165) is 13.0 Å². The van der Waals surface area contributed by atoms with Crippen LogP contribution in [0.3, 0.4) is 0 Å². The van der Waals surface area contributed by atoms with E-state index in [9.17, 15) is 9.59 Å². The molecule has 2 aliphatic rings. The highest BCUT2D eigenvalue weighted by Gasteiger charge is 2.40. The first-order valence-corrected chi connectivity index (χ1v) is 6.90. The normalized spacial score (nSPS) is 30.0. The molecule has 0 spiro atoms. The molecular weight excluding hydrogens is 262 g/mol. The molecule has 3 unspecified atom stereocenters. The maximum Gasteiger partial charge on any atom is 0.320 e. The zero-order valence-electron chi connectivity index (χ0n) is 12.3. The average molecular weight is 285 g/mol. The minimum Gasteiger partial charge on any atom is -0.481 e. The molecule has 0 aromatic heterocycles. The Bertz CT molecular complexity index is 388. The summed E-state index contributed by atoms with van der Waals surface area (Å²) in [5.74, 6) is -1.53. The summed E-state index contributed by atoms with van der Waals surface area (Å²) in [7, 11) is 5.68. The van der Waals surface area contributed by atoms with Gasteiger partial charge in [0.2, 0.25) is 0 Å². The molecule has 1 N–H and O–H groups in total. The minimum absolute atomic E-state index is 0.101. The molecule has 114 valence electrons. The lowest BCUT2D eigenvalue weighted by molar-refractivity contribution is -0.142. The number of likely N-dealkylation sites (N-methyl/N-ethyl adjacent to an activating group) is 2. The van der Waals surface area contributed by atoms with Gasteiger partial charge < -0.3 is 24.5 Å². The van der Waals surface area contributed by atoms with Crippen LogP contribution in [-0.2, 0) is 9.53 Å². The fraction of sp³-hybridized carbons (Fsp3) is 0.846. The minimum atomic E-state index is -0.903. The van der Waals surface area contributed by atoms with Crippen LogP contribution < -0.4 is 0 Å². The summed E-state index contributed by atoms with van der Waals surface area (Å²) >= 11 is 0. The van der Waals surface area contributed by atoms with E-state index in [1.54, 1.807) is 11.9 Å². The molecule has 0 radical (unpaired) electrons. The van der Waals surface area contributed by atoms with Crippen molar-refractivity contribution in [3.8, 4) is 0 Å². The van der Waals surface area contributed by atoms with Crippen LogP contribution in [0.4, 0.5) is 4.79 Å². The average Bonchev–Trinajstić information content (AvgIpc) is 3.05. The summed E-state index contributed by atoms with van der Waals surface area (Å²) in [6.07, 6.45) is 0.954. The third-order valence-electron chi connectivity index (χ3n) is 4.33. The first kappa shape index (κ1) is 15.1. The fourth-order valence-electron chi connectivity index (χ4n) is 2.86. The largest absolute Gasteiger partial charge is 0.481 e. The van der Waals surface area contributed by atoms with Gasteiger partial charge in [-0.1, -0.05) is 0 Å². The summed E-state index contributed by atoms with van der Waals surface area (Å²) in [5.41, 5.74) is 0. The van der Waals surface area contributed by atoms with E-state index >= 15 is 0 Å². The molecule has 7 heteroatoms. The number of hydrogen-bond donors (Lipinski definition) is 1. The number of aliphatic carboxylic acids is 1. The Morgan fingerprint density at radius 2 is 1.95 bits per heavy atom. The first-order valence-electron chi connectivity index (χ1n) is 6.90. The third-order valence-corrected chi connectivity index (χ3v) is 4.33. The van der Waals surface area contributed by atoms with E-state index in [-0.39, 0.29) is 18.7 Å². The molecule has 2 heterocycles. The van der Waals surface area contributed by atoms with Crippen LogP contribution in [0.25, 0.3) is 0 Å². The molecule has 20 heavy (non-hydrogen) atoms. The smallest absolute Gasteiger partial charge is 0.320 e. The lowest BCUT2D eigenvalue weighted by Gasteiger charge is -2.31. The Balaban J connectivity index is 1.97. The zero-order valence-corrected chi connectivity index (χ0v) is 12.3. The van der Waals surface area contributed by atoms with Gasteiger partial charge in [0.1, 0.15) is 5.92 Å². The highest BCUT2D eigenvalue weighted by Crippen LogP contribution is 2.22. The predicted octanol–water partition coefficient (Wildman–Crippen LogP) is -0.226. The first-order chi connectivity index (χ1) is 9.41. The van der Waals surface area contributed by atoms with E-state index in [4.69, 9.17) is 9.84 Å². The summed E-state index contributed by atoms with van der Waals surface area (Å²) in [6.45, 7) is 1.89. The highest BCUT2D eigenvalue weighted by atomic mass is 16.5. The van der Waals surface area contributed by atoms with Crippen molar-refractivity contribution in [1.29, 1.82) is 0 Å². The van der Waals surface area contributed by atoms with Gasteiger partial charge in [0.15, 0.2) is 0 Å². The van der Waals surface area contributed by atoms with Crippen LogP contribution in [0.5, 0.6) is 0 Å². The summed E-state index contributed by atoms with van der Waals surface area (Å²) in [4.78, 5) is 29.1. The van der Waals surface area contributed by atoms with Crippen molar-refractivity contribution in [1.82, 2.24) is 14.7 Å². The summed E-state index contributed by atoms with van der Waals surface area (Å²) < 4.78 is 5.22. The third kappa shape index (κ3) is 2.88. The highest BCUT2D eigenvalue weighted by molar-refractivity contribution is 5.77. The number of likely N-dealkylation sites (tertiary alicyclic amines) is 1. The standard InChI is InChI=1S/C13H23N3O4/c1-14(2)9-4-5-16(6-9)13(19)15(3)11-8-20-7-10(11)12(17)18/h9-11H,4-8H2,1-3H3,(H,17,18). The Morgan fingerprint density at radius 1 is 1.25 bits per heavy atom. The van der Waals surface area contributed by atoms with E-state index < -0.39 is 11.9 Å². The fourth-order valence-corrected chi connectivity index (χ4v) is 2.86. The van der Waals surface area contributed by atoms with E-state index in [1.165, 1.54) is 4.90 Å². The number of carboxylic acids is 1. The second kappa shape index (κ2) is 5.97. The molecule has 2 rings (SSSR count). The summed E-state index contributed by atoms with van der Waals surface area (Å²) in [6, 6.07) is -0.100. The van der Waals surface area contributed by atoms with Crippen molar-refractivity contribution in [3.05, 3.63) is 0 Å². The van der Waals surface area contributed by atoms with Crippen molar-refractivity contribution in [3.63, 3.8) is 0 Å². The Labute approximate surface area is 119 Å². The molecular formula is C13H23N3O4. The predicted molar refractivity (Wildman–Crippen MR) is 72.6 cm³/mol. The molecule has 0 aromatic rings. The van der Waals surface area contributed by atoms with Crippen molar-refractivity contribution in [2.45, 2.75) is 18.5 Å². The second-order valence-corrected chi connectivity index (χ2v) is 5.80. The Kier molecular flexibility index (Phi) is 4.49. The van der Waals surface area contributed by atoms with Gasteiger partial charge in [-0.15, -0.1) is 0 Å². The number of carboxylic acid groups (broad SMARTS) is 1. The zero-order chi connectivity index (χ0) is 14.9. The molecule has 0 bridgehead atoms. The Morgan fingerprint density at radius 3 is 2.50 bits per heavy atom. The molecule has 3 atom stereocenters. The molecule has 0 saturated carbocycles. The SMILES string of the molecule is CN(C)C1CCN(C(=O)N(C)C2COCC2C(=O)O)C1. The van der Waals surface area contributed by atoms with E-state index in [2.05, 4.69) is 4.90 Å². The van der Waals surface area contributed by atoms with Crippen molar-refractivity contribution >= 4 is 12.0 Å². The van der Waals surface area contributed by atoms with Gasteiger partial charge in [-0.3, -0.25) is 4.79 Å². The molecule has 7 nitrogen and oxygen atoms in total. The van der Waals surface area contributed by atoms with Crippen molar-refractivity contribution in [2.24, 2.45) is 5.92 Å². The van der Waals surface area contributed by atoms with Gasteiger partial charge in [-0.25, -0.2) is 4.79 Å². The van der Waals surface area contributed by atoms with Gasteiger partial charge in [0.05, 0.1) is 19.3 Å². The molecule has 2 amide bonds. The van der Waals surface area contributed by atoms with Gasteiger partial charge >= 0.3 is 12.0 Å². The van der Waals surface area contributed by atoms with Crippen LogP contribution >= 0.6 is 0 Å². The van der Waals surface area contributed by atoms with Gasteiger partial charge in [0, 0.05) is 26.2 Å². The van der Waals surface area contributed by atoms with E-state index in [1.807, 2.05) is 14.1 Å². The van der Waals surface area contributed by atoms with Crippen LogP contribution in [0.1, 0.15) is 6.42 Å². The number of nitrogens with zero attached hydrogens (tertiary/aromatic N) is 3. The van der Waals surface area contributed by atoms with Crippen LogP contribution in [0.15, 0.2) is 0 Å². The number of hydrogen-bond acceptors (Lipinski definition) is 4. The quantitative estimate of drug-likeness (QED) is 0.775. The number of carbonyl (C=O) groups is 2. The lowest BCUT2D eigenvalue weighted by Crippen LogP contribution is -2.49. The van der Waals surface area contributed by atoms with Gasteiger partial charge in [-0.2, -0.15) is 0 Å². The lowest BCUT2D eigenvalue weighted by atomic mass is 10.0. The number of urea groups is 1. The number of rotatable bonds is 3. The van der Waals surface area contributed by atoms with E-state index in [0.29, 0.717) is 19.2 Å². The second-order valence-electron chi connectivity index (χ2n) is 5.80. The Hall–Kier alpha value is -1.34. The number of ether oxygens (including phenoxy) is 1. The topological polar surface area (TPSA) is 73.3 Å². The number of carbonyl (C=O) groups excluding carboxylic acids is 1. The molecule has 2 fully saturated rings. The maximum absolute atomic E-state index is 12.5. The van der Waals surface area contributed by atoms with Crippen LogP contribution in [0, 0.1) is 5.92 Å². The van der Waals surface area contributed by atoms with Gasteiger partial charge in [-0.05, 0) is 20.5 Å². The van der Waals surface area contributed by atoms with Crippen LogP contribution in [-0.4, -0.2) is 91.3 Å².